The average molecular weight is 395 g/mol. The molecule has 0 aromatic heterocycles. The van der Waals surface area contributed by atoms with Crippen LogP contribution in [-0.2, 0) is 16.6 Å². The Kier molecular flexibility index (Phi) is 5.81. The molecule has 2 rings (SSSR count). The molecule has 2 aromatic carbocycles. The SMILES string of the molecule is CN(C)S(=O)(=O)c1cccc(COc2c(Cl)cc(Cl)cc2Cl)c1. The van der Waals surface area contributed by atoms with Crippen LogP contribution in [0.3, 0.4) is 0 Å². The van der Waals surface area contributed by atoms with Gasteiger partial charge in [-0.15, -0.1) is 0 Å². The monoisotopic (exact) mass is 393 g/mol. The summed E-state index contributed by atoms with van der Waals surface area (Å²) in [6.07, 6.45) is 0. The Morgan fingerprint density at radius 3 is 2.22 bits per heavy atom. The maximum Gasteiger partial charge on any atom is 0.242 e. The lowest BCUT2D eigenvalue weighted by molar-refractivity contribution is 0.306. The molecule has 0 aliphatic carbocycles. The molecule has 23 heavy (non-hydrogen) atoms. The highest BCUT2D eigenvalue weighted by atomic mass is 35.5. The first-order valence-electron chi connectivity index (χ1n) is 6.50. The fourth-order valence-electron chi connectivity index (χ4n) is 1.83. The van der Waals surface area contributed by atoms with Crippen LogP contribution in [0.5, 0.6) is 5.75 Å². The van der Waals surface area contributed by atoms with Crippen molar-refractivity contribution in [2.45, 2.75) is 11.5 Å². The number of ether oxygens (including phenoxy) is 1. The Morgan fingerprint density at radius 2 is 1.65 bits per heavy atom. The van der Waals surface area contributed by atoms with E-state index in [9.17, 15) is 8.42 Å². The van der Waals surface area contributed by atoms with Gasteiger partial charge in [0.05, 0.1) is 14.9 Å². The van der Waals surface area contributed by atoms with Crippen LogP contribution in [0, 0.1) is 0 Å². The number of benzene rings is 2. The molecule has 0 heterocycles. The van der Waals surface area contributed by atoms with Gasteiger partial charge in [0, 0.05) is 19.1 Å². The van der Waals surface area contributed by atoms with Crippen molar-refractivity contribution >= 4 is 44.8 Å². The summed E-state index contributed by atoms with van der Waals surface area (Å²) in [5, 5.41) is 0.991. The lowest BCUT2D eigenvalue weighted by Crippen LogP contribution is -2.22. The zero-order chi connectivity index (χ0) is 17.2. The Morgan fingerprint density at radius 1 is 1.04 bits per heavy atom. The molecule has 8 heteroatoms. The van der Waals surface area contributed by atoms with E-state index in [4.69, 9.17) is 39.5 Å². The zero-order valence-corrected chi connectivity index (χ0v) is 15.5. The van der Waals surface area contributed by atoms with E-state index in [-0.39, 0.29) is 11.5 Å². The molecule has 0 aliphatic heterocycles. The van der Waals surface area contributed by atoms with Gasteiger partial charge in [-0.05, 0) is 29.8 Å². The van der Waals surface area contributed by atoms with Crippen molar-refractivity contribution in [2.75, 3.05) is 14.1 Å². The third kappa shape index (κ3) is 4.31. The molecular formula is C15H14Cl3NO3S. The summed E-state index contributed by atoms with van der Waals surface area (Å²) < 4.78 is 31.0. The van der Waals surface area contributed by atoms with E-state index < -0.39 is 10.0 Å². The van der Waals surface area contributed by atoms with E-state index in [1.54, 1.807) is 18.2 Å². The molecule has 2 aromatic rings. The summed E-state index contributed by atoms with van der Waals surface area (Å²) in [7, 11) is -0.540. The molecule has 0 atom stereocenters. The summed E-state index contributed by atoms with van der Waals surface area (Å²) in [5.41, 5.74) is 0.676. The number of rotatable bonds is 5. The summed E-state index contributed by atoms with van der Waals surface area (Å²) in [6.45, 7) is 0.123. The predicted molar refractivity (Wildman–Crippen MR) is 93.1 cm³/mol. The van der Waals surface area contributed by atoms with Crippen LogP contribution >= 0.6 is 34.8 Å². The molecule has 0 saturated heterocycles. The number of hydrogen-bond acceptors (Lipinski definition) is 3. The van der Waals surface area contributed by atoms with Gasteiger partial charge in [0.2, 0.25) is 10.0 Å². The molecule has 124 valence electrons. The van der Waals surface area contributed by atoms with Gasteiger partial charge in [-0.3, -0.25) is 0 Å². The normalized spacial score (nSPS) is 11.7. The minimum atomic E-state index is -3.50. The van der Waals surface area contributed by atoms with Gasteiger partial charge < -0.3 is 4.74 Å². The standard InChI is InChI=1S/C15H14Cl3NO3S/c1-19(2)23(20,21)12-5-3-4-10(6-12)9-22-15-13(17)7-11(16)8-14(15)18/h3-8H,9H2,1-2H3. The van der Waals surface area contributed by atoms with Crippen molar-refractivity contribution in [1.29, 1.82) is 0 Å². The van der Waals surface area contributed by atoms with E-state index in [0.717, 1.165) is 4.31 Å². The van der Waals surface area contributed by atoms with E-state index in [0.29, 0.717) is 26.4 Å². The lowest BCUT2D eigenvalue weighted by Gasteiger charge is -2.13. The van der Waals surface area contributed by atoms with Crippen LogP contribution in [0.15, 0.2) is 41.3 Å². The topological polar surface area (TPSA) is 46.6 Å². The largest absolute Gasteiger partial charge is 0.486 e. The van der Waals surface area contributed by atoms with Gasteiger partial charge in [-0.1, -0.05) is 46.9 Å². The van der Waals surface area contributed by atoms with Gasteiger partial charge in [-0.2, -0.15) is 0 Å². The Bertz CT molecular complexity index is 799. The Hall–Kier alpha value is -0.980. The molecule has 0 aliphatic rings. The van der Waals surface area contributed by atoms with Gasteiger partial charge >= 0.3 is 0 Å². The maximum absolute atomic E-state index is 12.1. The van der Waals surface area contributed by atoms with E-state index in [1.807, 2.05) is 0 Å². The second kappa shape index (κ2) is 7.28. The van der Waals surface area contributed by atoms with E-state index >= 15 is 0 Å². The van der Waals surface area contributed by atoms with Crippen molar-refractivity contribution in [3.63, 3.8) is 0 Å². The van der Waals surface area contributed by atoms with Gasteiger partial charge in [-0.25, -0.2) is 12.7 Å². The fourth-order valence-corrected chi connectivity index (χ4v) is 3.73. The molecule has 0 fully saturated rings. The highest BCUT2D eigenvalue weighted by molar-refractivity contribution is 7.89. The molecule has 0 amide bonds. The molecule has 0 spiro atoms. The van der Waals surface area contributed by atoms with Gasteiger partial charge in [0.25, 0.3) is 0 Å². The number of hydrogen-bond donors (Lipinski definition) is 0. The van der Waals surface area contributed by atoms with Crippen molar-refractivity contribution < 1.29 is 13.2 Å². The quantitative estimate of drug-likeness (QED) is 0.751. The van der Waals surface area contributed by atoms with E-state index in [2.05, 4.69) is 0 Å². The highest BCUT2D eigenvalue weighted by Crippen LogP contribution is 2.36. The minimum Gasteiger partial charge on any atom is -0.486 e. The fraction of sp³-hybridized carbons (Fsp3) is 0.200. The lowest BCUT2D eigenvalue weighted by atomic mass is 10.2. The van der Waals surface area contributed by atoms with Crippen molar-refractivity contribution in [3.05, 3.63) is 57.0 Å². The van der Waals surface area contributed by atoms with Crippen LogP contribution in [0.1, 0.15) is 5.56 Å². The predicted octanol–water partition coefficient (Wildman–Crippen LogP) is 4.48. The van der Waals surface area contributed by atoms with Crippen molar-refractivity contribution in [2.24, 2.45) is 0 Å². The first kappa shape index (κ1) is 18.4. The van der Waals surface area contributed by atoms with Crippen LogP contribution < -0.4 is 4.74 Å². The minimum absolute atomic E-state index is 0.123. The third-order valence-corrected chi connectivity index (χ3v) is 5.61. The Balaban J connectivity index is 2.23. The summed E-state index contributed by atoms with van der Waals surface area (Å²) >= 11 is 17.9. The van der Waals surface area contributed by atoms with Gasteiger partial charge in [0.15, 0.2) is 5.75 Å². The molecule has 0 radical (unpaired) electrons. The molecule has 0 unspecified atom stereocenters. The van der Waals surface area contributed by atoms with Gasteiger partial charge in [0.1, 0.15) is 6.61 Å². The van der Waals surface area contributed by atoms with Crippen LogP contribution in [0.4, 0.5) is 0 Å². The number of halogens is 3. The van der Waals surface area contributed by atoms with Crippen molar-refractivity contribution in [3.8, 4) is 5.75 Å². The van der Waals surface area contributed by atoms with Crippen molar-refractivity contribution in [1.82, 2.24) is 4.31 Å². The van der Waals surface area contributed by atoms with E-state index in [1.165, 1.54) is 32.3 Å². The third-order valence-electron chi connectivity index (χ3n) is 3.02. The zero-order valence-electron chi connectivity index (χ0n) is 12.4. The first-order chi connectivity index (χ1) is 10.7. The van der Waals surface area contributed by atoms with Crippen LogP contribution in [0.25, 0.3) is 0 Å². The molecule has 0 N–H and O–H groups in total. The first-order valence-corrected chi connectivity index (χ1v) is 9.08. The second-order valence-electron chi connectivity index (χ2n) is 4.92. The maximum atomic E-state index is 12.1. The highest BCUT2D eigenvalue weighted by Gasteiger charge is 2.17. The molecule has 0 saturated carbocycles. The van der Waals surface area contributed by atoms with Crippen LogP contribution in [-0.4, -0.2) is 26.8 Å². The molecule has 0 bridgehead atoms. The molecular weight excluding hydrogens is 381 g/mol. The smallest absolute Gasteiger partial charge is 0.242 e. The molecule has 4 nitrogen and oxygen atoms in total. The number of sulfonamides is 1. The number of nitrogens with zero attached hydrogens (tertiary/aromatic N) is 1. The summed E-state index contributed by atoms with van der Waals surface area (Å²) in [6, 6.07) is 9.54. The Labute approximate surface area is 150 Å². The second-order valence-corrected chi connectivity index (χ2v) is 8.32. The average Bonchev–Trinajstić information content (AvgIpc) is 2.46. The van der Waals surface area contributed by atoms with Crippen LogP contribution in [0.2, 0.25) is 15.1 Å². The summed E-state index contributed by atoms with van der Waals surface area (Å²) in [4.78, 5) is 0.192. The summed E-state index contributed by atoms with van der Waals surface area (Å²) in [5.74, 6) is 0.304.